The van der Waals surface area contributed by atoms with E-state index in [-0.39, 0.29) is 6.61 Å². The van der Waals surface area contributed by atoms with Crippen molar-refractivity contribution in [2.75, 3.05) is 13.7 Å². The Balaban J connectivity index is 2.78. The van der Waals surface area contributed by atoms with Gasteiger partial charge in [0.05, 0.1) is 18.2 Å². The predicted molar refractivity (Wildman–Crippen MR) is 76.1 cm³/mol. The van der Waals surface area contributed by atoms with E-state index in [0.29, 0.717) is 0 Å². The lowest BCUT2D eigenvalue weighted by Crippen LogP contribution is -2.54. The highest BCUT2D eigenvalue weighted by Gasteiger charge is 2.29. The fourth-order valence-corrected chi connectivity index (χ4v) is 1.85. The van der Waals surface area contributed by atoms with Crippen LogP contribution in [0, 0.1) is 0 Å². The number of aliphatic hydroxyl groups is 1. The van der Waals surface area contributed by atoms with Gasteiger partial charge in [0.25, 0.3) is 0 Å². The van der Waals surface area contributed by atoms with Crippen LogP contribution in [0.5, 0.6) is 0 Å². The number of aliphatic hydroxyl groups excluding tert-OH is 1. The van der Waals surface area contributed by atoms with Crippen LogP contribution in [0.4, 0.5) is 4.79 Å². The minimum Gasteiger partial charge on any atom is -0.394 e. The Bertz CT molecular complexity index is 464. The minimum atomic E-state index is -0.763. The van der Waals surface area contributed by atoms with E-state index in [0.717, 1.165) is 5.56 Å². The van der Waals surface area contributed by atoms with Crippen LogP contribution in [-0.2, 0) is 10.3 Å². The SMILES string of the molecule is CNC(=O)NC(=O)C(C)NC(C)(CO)c1ccccc1. The molecule has 110 valence electrons. The van der Waals surface area contributed by atoms with E-state index in [1.54, 1.807) is 13.8 Å². The van der Waals surface area contributed by atoms with Gasteiger partial charge in [-0.3, -0.25) is 15.4 Å². The van der Waals surface area contributed by atoms with E-state index in [1.807, 2.05) is 30.3 Å². The van der Waals surface area contributed by atoms with E-state index < -0.39 is 23.5 Å². The van der Waals surface area contributed by atoms with Crippen LogP contribution in [-0.4, -0.2) is 36.7 Å². The number of carbonyl (C=O) groups is 2. The van der Waals surface area contributed by atoms with Gasteiger partial charge in [-0.25, -0.2) is 4.79 Å². The summed E-state index contributed by atoms with van der Waals surface area (Å²) in [4.78, 5) is 22.9. The van der Waals surface area contributed by atoms with Gasteiger partial charge in [-0.2, -0.15) is 0 Å². The van der Waals surface area contributed by atoms with Gasteiger partial charge in [0.1, 0.15) is 0 Å². The van der Waals surface area contributed by atoms with Gasteiger partial charge in [-0.05, 0) is 19.4 Å². The molecule has 0 saturated heterocycles. The van der Waals surface area contributed by atoms with Gasteiger partial charge in [-0.1, -0.05) is 30.3 Å². The van der Waals surface area contributed by atoms with Gasteiger partial charge in [0.15, 0.2) is 0 Å². The third-order valence-electron chi connectivity index (χ3n) is 3.12. The zero-order valence-corrected chi connectivity index (χ0v) is 11.9. The van der Waals surface area contributed by atoms with Crippen molar-refractivity contribution in [2.45, 2.75) is 25.4 Å². The van der Waals surface area contributed by atoms with Gasteiger partial charge >= 0.3 is 6.03 Å². The maximum absolute atomic E-state index is 11.8. The molecule has 1 aromatic rings. The second-order valence-corrected chi connectivity index (χ2v) is 4.79. The van der Waals surface area contributed by atoms with Crippen molar-refractivity contribution >= 4 is 11.9 Å². The third kappa shape index (κ3) is 4.04. The minimum absolute atomic E-state index is 0.172. The Labute approximate surface area is 118 Å². The maximum atomic E-state index is 11.8. The standard InChI is InChI=1S/C14H21N3O3/c1-10(12(19)16-13(20)15-3)17-14(2,9-18)11-7-5-4-6-8-11/h4-8,10,17-18H,9H2,1-3H3,(H2,15,16,19,20). The molecule has 1 rings (SSSR count). The van der Waals surface area contributed by atoms with Gasteiger partial charge in [0, 0.05) is 7.05 Å². The van der Waals surface area contributed by atoms with Crippen LogP contribution in [0.2, 0.25) is 0 Å². The number of amides is 3. The molecule has 0 heterocycles. The summed E-state index contributed by atoms with van der Waals surface area (Å²) in [5.74, 6) is -0.458. The summed E-state index contributed by atoms with van der Waals surface area (Å²) in [6.07, 6.45) is 0. The first-order valence-corrected chi connectivity index (χ1v) is 6.39. The average Bonchev–Trinajstić information content (AvgIpc) is 2.47. The molecule has 2 atom stereocenters. The average molecular weight is 279 g/mol. The summed E-state index contributed by atoms with van der Waals surface area (Å²) in [6.45, 7) is 3.26. The molecule has 2 unspecified atom stereocenters. The summed E-state index contributed by atoms with van der Waals surface area (Å²) in [6, 6.07) is 8.14. The molecule has 0 aromatic heterocycles. The highest BCUT2D eigenvalue weighted by molar-refractivity contribution is 5.96. The van der Waals surface area contributed by atoms with Crippen molar-refractivity contribution in [3.8, 4) is 0 Å². The smallest absolute Gasteiger partial charge is 0.321 e. The molecule has 0 aliphatic rings. The van der Waals surface area contributed by atoms with Crippen LogP contribution in [0.15, 0.2) is 30.3 Å². The lowest BCUT2D eigenvalue weighted by molar-refractivity contribution is -0.122. The summed E-state index contributed by atoms with van der Waals surface area (Å²) < 4.78 is 0. The molecule has 6 heteroatoms. The predicted octanol–water partition coefficient (Wildman–Crippen LogP) is 0.328. The monoisotopic (exact) mass is 279 g/mol. The van der Waals surface area contributed by atoms with Gasteiger partial charge in [-0.15, -0.1) is 0 Å². The summed E-state index contributed by atoms with van der Waals surface area (Å²) in [5, 5.41) is 17.2. The lowest BCUT2D eigenvalue weighted by Gasteiger charge is -2.32. The molecule has 0 spiro atoms. The molecule has 3 amide bonds. The number of hydrogen-bond donors (Lipinski definition) is 4. The molecule has 20 heavy (non-hydrogen) atoms. The van der Waals surface area contributed by atoms with Crippen LogP contribution in [0.25, 0.3) is 0 Å². The summed E-state index contributed by atoms with van der Waals surface area (Å²) in [7, 11) is 1.43. The zero-order chi connectivity index (χ0) is 15.2. The molecule has 0 aliphatic carbocycles. The number of hydrogen-bond acceptors (Lipinski definition) is 4. The quantitative estimate of drug-likeness (QED) is 0.625. The normalized spacial score (nSPS) is 15.0. The largest absolute Gasteiger partial charge is 0.394 e. The molecule has 0 radical (unpaired) electrons. The number of benzene rings is 1. The van der Waals surface area contributed by atoms with E-state index in [2.05, 4.69) is 16.0 Å². The number of imide groups is 1. The molecule has 0 fully saturated rings. The van der Waals surface area contributed by atoms with E-state index in [1.165, 1.54) is 7.05 Å². The highest BCUT2D eigenvalue weighted by atomic mass is 16.3. The van der Waals surface area contributed by atoms with Crippen LogP contribution in [0.3, 0.4) is 0 Å². The molecule has 6 nitrogen and oxygen atoms in total. The Morgan fingerprint density at radius 3 is 2.40 bits per heavy atom. The molecular formula is C14H21N3O3. The topological polar surface area (TPSA) is 90.5 Å². The Morgan fingerprint density at radius 1 is 1.30 bits per heavy atom. The number of nitrogens with one attached hydrogen (secondary N) is 3. The summed E-state index contributed by atoms with van der Waals surface area (Å²) in [5.41, 5.74) is 0.0999. The molecule has 1 aromatic carbocycles. The maximum Gasteiger partial charge on any atom is 0.321 e. The Hall–Kier alpha value is -1.92. The third-order valence-corrected chi connectivity index (χ3v) is 3.12. The second kappa shape index (κ2) is 7.02. The van der Waals surface area contributed by atoms with Gasteiger partial charge < -0.3 is 10.4 Å². The van der Waals surface area contributed by atoms with Crippen molar-refractivity contribution in [3.05, 3.63) is 35.9 Å². The van der Waals surface area contributed by atoms with Crippen molar-refractivity contribution in [1.82, 2.24) is 16.0 Å². The Kier molecular flexibility index (Phi) is 5.66. The van der Waals surface area contributed by atoms with E-state index >= 15 is 0 Å². The number of carbonyl (C=O) groups excluding carboxylic acids is 2. The van der Waals surface area contributed by atoms with Crippen molar-refractivity contribution in [1.29, 1.82) is 0 Å². The van der Waals surface area contributed by atoms with Crippen LogP contribution < -0.4 is 16.0 Å². The second-order valence-electron chi connectivity index (χ2n) is 4.79. The first-order valence-electron chi connectivity index (χ1n) is 6.39. The van der Waals surface area contributed by atoms with Crippen molar-refractivity contribution in [3.63, 3.8) is 0 Å². The molecular weight excluding hydrogens is 258 g/mol. The number of urea groups is 1. The lowest BCUT2D eigenvalue weighted by atomic mass is 9.92. The van der Waals surface area contributed by atoms with Crippen LogP contribution >= 0.6 is 0 Å². The Morgan fingerprint density at radius 2 is 1.90 bits per heavy atom. The fourth-order valence-electron chi connectivity index (χ4n) is 1.85. The molecule has 0 aliphatic heterocycles. The summed E-state index contributed by atoms with van der Waals surface area (Å²) >= 11 is 0. The zero-order valence-electron chi connectivity index (χ0n) is 11.9. The van der Waals surface area contributed by atoms with Crippen LogP contribution in [0.1, 0.15) is 19.4 Å². The van der Waals surface area contributed by atoms with E-state index in [9.17, 15) is 14.7 Å². The molecule has 4 N–H and O–H groups in total. The van der Waals surface area contributed by atoms with E-state index in [4.69, 9.17) is 0 Å². The van der Waals surface area contributed by atoms with Crippen molar-refractivity contribution in [2.24, 2.45) is 0 Å². The van der Waals surface area contributed by atoms with Crippen molar-refractivity contribution < 1.29 is 14.7 Å². The molecule has 0 bridgehead atoms. The first-order chi connectivity index (χ1) is 9.42. The number of rotatable bonds is 5. The first kappa shape index (κ1) is 16.1. The highest BCUT2D eigenvalue weighted by Crippen LogP contribution is 2.20. The fraction of sp³-hybridized carbons (Fsp3) is 0.429. The molecule has 0 saturated carbocycles. The van der Waals surface area contributed by atoms with Gasteiger partial charge in [0.2, 0.25) is 5.91 Å².